The van der Waals surface area contributed by atoms with E-state index < -0.39 is 0 Å². The lowest BCUT2D eigenvalue weighted by Gasteiger charge is -2.04. The van der Waals surface area contributed by atoms with E-state index in [2.05, 4.69) is 12.3 Å². The smallest absolute Gasteiger partial charge is 0.305 e. The van der Waals surface area contributed by atoms with Crippen molar-refractivity contribution in [3.05, 3.63) is 0 Å². The van der Waals surface area contributed by atoms with Crippen molar-refractivity contribution in [2.24, 2.45) is 5.84 Å². The topological polar surface area (TPSA) is 64.3 Å². The van der Waals surface area contributed by atoms with E-state index in [-0.39, 0.29) is 5.97 Å². The van der Waals surface area contributed by atoms with E-state index in [1.54, 1.807) is 0 Å². The fraction of sp³-hybridized carbons (Fsp3) is 0.917. The van der Waals surface area contributed by atoms with Gasteiger partial charge in [-0.05, 0) is 6.42 Å². The Kier molecular flexibility index (Phi) is 12.0. The van der Waals surface area contributed by atoms with Crippen molar-refractivity contribution in [1.29, 1.82) is 0 Å². The van der Waals surface area contributed by atoms with Gasteiger partial charge in [-0.3, -0.25) is 16.1 Å². The summed E-state index contributed by atoms with van der Waals surface area (Å²) in [5.74, 6) is 4.95. The van der Waals surface area contributed by atoms with Crippen LogP contribution in [0.1, 0.15) is 58.3 Å². The van der Waals surface area contributed by atoms with Crippen LogP contribution >= 0.6 is 0 Å². The first-order valence-electron chi connectivity index (χ1n) is 6.40. The third-order valence-corrected chi connectivity index (χ3v) is 2.49. The van der Waals surface area contributed by atoms with Gasteiger partial charge in [-0.2, -0.15) is 0 Å². The second kappa shape index (κ2) is 12.5. The Bertz CT molecular complexity index is 163. The molecule has 0 aromatic rings. The van der Waals surface area contributed by atoms with Crippen molar-refractivity contribution >= 4 is 5.97 Å². The van der Waals surface area contributed by atoms with Gasteiger partial charge >= 0.3 is 5.97 Å². The molecular formula is C12H26N2O2. The molecule has 0 aliphatic carbocycles. The molecule has 16 heavy (non-hydrogen) atoms. The Morgan fingerprint density at radius 1 is 1.12 bits per heavy atom. The number of carbonyl (C=O) groups is 1. The molecule has 0 saturated heterocycles. The lowest BCUT2D eigenvalue weighted by molar-refractivity contribution is -0.143. The van der Waals surface area contributed by atoms with Crippen LogP contribution in [0.4, 0.5) is 0 Å². The highest BCUT2D eigenvalue weighted by Gasteiger charge is 2.01. The summed E-state index contributed by atoms with van der Waals surface area (Å²) in [4.78, 5) is 11.2. The minimum atomic E-state index is -0.108. The number of unbranched alkanes of at least 4 members (excludes halogenated alkanes) is 6. The number of rotatable bonds is 11. The van der Waals surface area contributed by atoms with Crippen molar-refractivity contribution in [3.8, 4) is 0 Å². The zero-order chi connectivity index (χ0) is 12.1. The third-order valence-electron chi connectivity index (χ3n) is 2.49. The fourth-order valence-corrected chi connectivity index (χ4v) is 1.52. The molecule has 96 valence electrons. The number of nitrogens with one attached hydrogen (secondary N) is 1. The van der Waals surface area contributed by atoms with E-state index in [0.717, 1.165) is 12.8 Å². The molecule has 0 fully saturated rings. The summed E-state index contributed by atoms with van der Waals surface area (Å²) in [5.41, 5.74) is 2.44. The second-order valence-electron chi connectivity index (χ2n) is 4.05. The van der Waals surface area contributed by atoms with Crippen LogP contribution in [0.15, 0.2) is 0 Å². The van der Waals surface area contributed by atoms with Gasteiger partial charge in [0.05, 0.1) is 0 Å². The standard InChI is InChI=1S/C12H26N2O2/c1-2-3-4-5-6-7-8-9-12(15)16-11-10-14-13/h14H,2-11,13H2,1H3. The molecular weight excluding hydrogens is 204 g/mol. The molecule has 0 spiro atoms. The van der Waals surface area contributed by atoms with Crippen molar-refractivity contribution in [3.63, 3.8) is 0 Å². The van der Waals surface area contributed by atoms with E-state index in [0.29, 0.717) is 19.6 Å². The van der Waals surface area contributed by atoms with Crippen LogP contribution in [-0.4, -0.2) is 19.1 Å². The molecule has 4 nitrogen and oxygen atoms in total. The quantitative estimate of drug-likeness (QED) is 0.247. The molecule has 3 N–H and O–H groups in total. The van der Waals surface area contributed by atoms with Gasteiger partial charge in [-0.1, -0.05) is 45.4 Å². The van der Waals surface area contributed by atoms with Crippen molar-refractivity contribution in [1.82, 2.24) is 5.43 Å². The first kappa shape index (κ1) is 15.4. The van der Waals surface area contributed by atoms with Crippen LogP contribution in [0, 0.1) is 0 Å². The lowest BCUT2D eigenvalue weighted by atomic mass is 10.1. The van der Waals surface area contributed by atoms with Gasteiger partial charge in [0, 0.05) is 13.0 Å². The summed E-state index contributed by atoms with van der Waals surface area (Å²) >= 11 is 0. The number of esters is 1. The zero-order valence-corrected chi connectivity index (χ0v) is 10.5. The van der Waals surface area contributed by atoms with E-state index in [1.165, 1.54) is 32.1 Å². The molecule has 0 amide bonds. The normalized spacial score (nSPS) is 10.4. The third kappa shape index (κ3) is 11.5. The molecule has 0 aliphatic rings. The molecule has 0 heterocycles. The summed E-state index contributed by atoms with van der Waals surface area (Å²) < 4.78 is 4.95. The number of hydrogen-bond acceptors (Lipinski definition) is 4. The highest BCUT2D eigenvalue weighted by atomic mass is 16.5. The predicted molar refractivity (Wildman–Crippen MR) is 65.8 cm³/mol. The summed E-state index contributed by atoms with van der Waals surface area (Å²) in [6.45, 7) is 3.10. The average molecular weight is 230 g/mol. The van der Waals surface area contributed by atoms with E-state index in [4.69, 9.17) is 10.6 Å². The summed E-state index contributed by atoms with van der Waals surface area (Å²) in [6, 6.07) is 0. The van der Waals surface area contributed by atoms with E-state index >= 15 is 0 Å². The van der Waals surface area contributed by atoms with Crippen molar-refractivity contribution in [2.75, 3.05) is 13.2 Å². The van der Waals surface area contributed by atoms with Crippen LogP contribution in [0.5, 0.6) is 0 Å². The van der Waals surface area contributed by atoms with Gasteiger partial charge < -0.3 is 4.74 Å². The molecule has 0 radical (unpaired) electrons. The van der Waals surface area contributed by atoms with E-state index in [9.17, 15) is 4.79 Å². The maximum Gasteiger partial charge on any atom is 0.305 e. The largest absolute Gasteiger partial charge is 0.464 e. The molecule has 0 aromatic carbocycles. The highest BCUT2D eigenvalue weighted by Crippen LogP contribution is 2.08. The van der Waals surface area contributed by atoms with Crippen LogP contribution < -0.4 is 11.3 Å². The van der Waals surface area contributed by atoms with E-state index in [1.807, 2.05) is 0 Å². The van der Waals surface area contributed by atoms with Gasteiger partial charge in [0.2, 0.25) is 0 Å². The van der Waals surface area contributed by atoms with Crippen LogP contribution in [-0.2, 0) is 9.53 Å². The molecule has 0 saturated carbocycles. The average Bonchev–Trinajstić information content (AvgIpc) is 2.28. The fourth-order valence-electron chi connectivity index (χ4n) is 1.52. The molecule has 0 rings (SSSR count). The number of ether oxygens (including phenoxy) is 1. The number of nitrogens with two attached hydrogens (primary N) is 1. The molecule has 0 atom stereocenters. The molecule has 0 aromatic heterocycles. The Balaban J connectivity index is 3.09. The Labute approximate surface area is 98.9 Å². The van der Waals surface area contributed by atoms with Crippen LogP contribution in [0.25, 0.3) is 0 Å². The maximum atomic E-state index is 11.2. The van der Waals surface area contributed by atoms with Crippen LogP contribution in [0.2, 0.25) is 0 Å². The van der Waals surface area contributed by atoms with Gasteiger partial charge in [-0.25, -0.2) is 0 Å². The minimum Gasteiger partial charge on any atom is -0.464 e. The van der Waals surface area contributed by atoms with Crippen molar-refractivity contribution in [2.45, 2.75) is 58.3 Å². The van der Waals surface area contributed by atoms with Crippen molar-refractivity contribution < 1.29 is 9.53 Å². The molecule has 0 bridgehead atoms. The lowest BCUT2D eigenvalue weighted by Crippen LogP contribution is -2.27. The first-order chi connectivity index (χ1) is 7.81. The predicted octanol–water partition coefficient (Wildman–Crippen LogP) is 2.13. The molecule has 0 unspecified atom stereocenters. The Morgan fingerprint density at radius 3 is 2.38 bits per heavy atom. The van der Waals surface area contributed by atoms with Gasteiger partial charge in [0.1, 0.15) is 6.61 Å². The van der Waals surface area contributed by atoms with Gasteiger partial charge in [-0.15, -0.1) is 0 Å². The second-order valence-corrected chi connectivity index (χ2v) is 4.05. The zero-order valence-electron chi connectivity index (χ0n) is 10.5. The molecule has 0 aliphatic heterocycles. The summed E-state index contributed by atoms with van der Waals surface area (Å²) in [5, 5.41) is 0. The maximum absolute atomic E-state index is 11.2. The number of hydrazine groups is 1. The monoisotopic (exact) mass is 230 g/mol. The highest BCUT2D eigenvalue weighted by molar-refractivity contribution is 5.69. The Hall–Kier alpha value is -0.610. The molecule has 4 heteroatoms. The summed E-state index contributed by atoms with van der Waals surface area (Å²) in [7, 11) is 0. The summed E-state index contributed by atoms with van der Waals surface area (Å²) in [6.07, 6.45) is 9.07. The number of hydrogen-bond donors (Lipinski definition) is 2. The first-order valence-corrected chi connectivity index (χ1v) is 6.40. The van der Waals surface area contributed by atoms with Gasteiger partial charge in [0.15, 0.2) is 0 Å². The number of carbonyl (C=O) groups excluding carboxylic acids is 1. The van der Waals surface area contributed by atoms with Crippen LogP contribution in [0.3, 0.4) is 0 Å². The minimum absolute atomic E-state index is 0.108. The van der Waals surface area contributed by atoms with Gasteiger partial charge in [0.25, 0.3) is 0 Å². The Morgan fingerprint density at radius 2 is 1.75 bits per heavy atom. The SMILES string of the molecule is CCCCCCCCCC(=O)OCCNN.